The molecule has 18 heavy (non-hydrogen) atoms. The second-order valence-corrected chi connectivity index (χ2v) is 4.19. The van der Waals surface area contributed by atoms with E-state index in [4.69, 9.17) is 10.5 Å². The molecule has 0 saturated heterocycles. The normalized spacial score (nSPS) is 10.4. The molecule has 0 aliphatic carbocycles. The molecule has 1 aromatic rings. The van der Waals surface area contributed by atoms with E-state index in [1.807, 2.05) is 13.8 Å². The summed E-state index contributed by atoms with van der Waals surface area (Å²) in [6.45, 7) is 9.34. The number of nitrogens with two attached hydrogens (primary N) is 1. The number of anilines is 1. The van der Waals surface area contributed by atoms with E-state index in [9.17, 15) is 0 Å². The van der Waals surface area contributed by atoms with E-state index in [1.54, 1.807) is 6.33 Å². The number of ether oxygens (including phenoxy) is 1. The summed E-state index contributed by atoms with van der Waals surface area (Å²) in [4.78, 5) is 10.8. The Morgan fingerprint density at radius 3 is 2.67 bits per heavy atom. The van der Waals surface area contributed by atoms with E-state index < -0.39 is 0 Å². The summed E-state index contributed by atoms with van der Waals surface area (Å²) in [7, 11) is 0. The first-order chi connectivity index (χ1) is 8.74. The molecule has 1 aromatic heterocycles. The van der Waals surface area contributed by atoms with Crippen molar-refractivity contribution in [1.29, 1.82) is 0 Å². The van der Waals surface area contributed by atoms with Crippen molar-refractivity contribution in [2.45, 2.75) is 33.6 Å². The fraction of sp³-hybridized carbons (Fsp3) is 0.692. The van der Waals surface area contributed by atoms with Crippen LogP contribution in [0.3, 0.4) is 0 Å². The molecule has 0 fully saturated rings. The lowest BCUT2D eigenvalue weighted by molar-refractivity contribution is 0.323. The molecule has 0 aliphatic rings. The second kappa shape index (κ2) is 7.87. The van der Waals surface area contributed by atoms with Gasteiger partial charge in [0.15, 0.2) is 0 Å². The van der Waals surface area contributed by atoms with Crippen molar-refractivity contribution in [3.8, 4) is 5.88 Å². The van der Waals surface area contributed by atoms with Crippen LogP contribution in [0.25, 0.3) is 0 Å². The lowest BCUT2D eigenvalue weighted by Crippen LogP contribution is -2.28. The zero-order chi connectivity index (χ0) is 13.4. The highest BCUT2D eigenvalue weighted by molar-refractivity contribution is 5.50. The Balaban J connectivity index is 2.92. The Morgan fingerprint density at radius 1 is 1.28 bits per heavy atom. The van der Waals surface area contributed by atoms with Gasteiger partial charge >= 0.3 is 0 Å². The molecule has 0 unspecified atom stereocenters. The standard InChI is InChI=1S/C13H24N4O/c1-4-8-17(9-6-7-14)12-11(3)13(18-5-2)16-10-15-12/h10H,4-9,14H2,1-3H3. The van der Waals surface area contributed by atoms with Crippen molar-refractivity contribution in [2.24, 2.45) is 5.73 Å². The predicted octanol–water partition coefficient (Wildman–Crippen LogP) is 1.75. The van der Waals surface area contributed by atoms with Gasteiger partial charge in [-0.15, -0.1) is 0 Å². The third-order valence-corrected chi connectivity index (χ3v) is 2.72. The molecular weight excluding hydrogens is 228 g/mol. The van der Waals surface area contributed by atoms with Crippen molar-refractivity contribution in [1.82, 2.24) is 9.97 Å². The summed E-state index contributed by atoms with van der Waals surface area (Å²) < 4.78 is 5.51. The van der Waals surface area contributed by atoms with Crippen LogP contribution in [0.4, 0.5) is 5.82 Å². The van der Waals surface area contributed by atoms with Crippen molar-refractivity contribution in [3.05, 3.63) is 11.9 Å². The highest BCUT2D eigenvalue weighted by Crippen LogP contribution is 2.24. The zero-order valence-corrected chi connectivity index (χ0v) is 11.6. The van der Waals surface area contributed by atoms with Gasteiger partial charge < -0.3 is 15.4 Å². The van der Waals surface area contributed by atoms with Crippen LogP contribution in [0, 0.1) is 6.92 Å². The van der Waals surface area contributed by atoms with Crippen LogP contribution in [-0.2, 0) is 0 Å². The highest BCUT2D eigenvalue weighted by atomic mass is 16.5. The van der Waals surface area contributed by atoms with Gasteiger partial charge in [0.05, 0.1) is 12.2 Å². The lowest BCUT2D eigenvalue weighted by Gasteiger charge is -2.25. The number of aromatic nitrogens is 2. The summed E-state index contributed by atoms with van der Waals surface area (Å²) in [5, 5.41) is 0. The van der Waals surface area contributed by atoms with Crippen molar-refractivity contribution in [2.75, 3.05) is 31.1 Å². The quantitative estimate of drug-likeness (QED) is 0.763. The van der Waals surface area contributed by atoms with Gasteiger partial charge in [0.2, 0.25) is 5.88 Å². The zero-order valence-electron chi connectivity index (χ0n) is 11.6. The molecule has 0 aromatic carbocycles. The summed E-state index contributed by atoms with van der Waals surface area (Å²) in [5.41, 5.74) is 6.59. The van der Waals surface area contributed by atoms with Crippen molar-refractivity contribution >= 4 is 5.82 Å². The Labute approximate surface area is 109 Å². The molecule has 0 radical (unpaired) electrons. The minimum atomic E-state index is 0.619. The highest BCUT2D eigenvalue weighted by Gasteiger charge is 2.13. The molecule has 0 bridgehead atoms. The molecule has 0 aliphatic heterocycles. The summed E-state index contributed by atoms with van der Waals surface area (Å²) in [5.74, 6) is 1.64. The van der Waals surface area contributed by atoms with Crippen LogP contribution in [0.5, 0.6) is 5.88 Å². The molecule has 102 valence electrons. The first-order valence-electron chi connectivity index (χ1n) is 6.63. The van der Waals surface area contributed by atoms with Crippen LogP contribution in [0.1, 0.15) is 32.3 Å². The maximum Gasteiger partial charge on any atom is 0.221 e. The monoisotopic (exact) mass is 252 g/mol. The largest absolute Gasteiger partial charge is 0.478 e. The predicted molar refractivity (Wildman–Crippen MR) is 74.1 cm³/mol. The lowest BCUT2D eigenvalue weighted by atomic mass is 10.2. The molecule has 5 heteroatoms. The molecular formula is C13H24N4O. The van der Waals surface area contributed by atoms with E-state index in [1.165, 1.54) is 0 Å². The third kappa shape index (κ3) is 3.84. The van der Waals surface area contributed by atoms with Gasteiger partial charge in [-0.25, -0.2) is 9.97 Å². The van der Waals surface area contributed by atoms with E-state index in [0.717, 1.165) is 37.3 Å². The van der Waals surface area contributed by atoms with Gasteiger partial charge in [-0.05, 0) is 33.2 Å². The molecule has 0 amide bonds. The van der Waals surface area contributed by atoms with Crippen LogP contribution < -0.4 is 15.4 Å². The Kier molecular flexibility index (Phi) is 6.43. The van der Waals surface area contributed by atoms with Crippen molar-refractivity contribution in [3.63, 3.8) is 0 Å². The number of hydrogen-bond donors (Lipinski definition) is 1. The van der Waals surface area contributed by atoms with Gasteiger partial charge in [-0.2, -0.15) is 0 Å². The molecule has 1 heterocycles. The van der Waals surface area contributed by atoms with Crippen LogP contribution in [-0.4, -0.2) is 36.2 Å². The number of nitrogens with zero attached hydrogens (tertiary/aromatic N) is 3. The average Bonchev–Trinajstić information content (AvgIpc) is 2.38. The Bertz CT molecular complexity index is 357. The van der Waals surface area contributed by atoms with Gasteiger partial charge in [0.25, 0.3) is 0 Å². The molecule has 5 nitrogen and oxygen atoms in total. The Morgan fingerprint density at radius 2 is 2.06 bits per heavy atom. The van der Waals surface area contributed by atoms with Gasteiger partial charge in [0.1, 0.15) is 12.1 Å². The van der Waals surface area contributed by atoms with Crippen LogP contribution in [0.2, 0.25) is 0 Å². The molecule has 0 atom stereocenters. The summed E-state index contributed by atoms with van der Waals surface area (Å²) >= 11 is 0. The minimum Gasteiger partial charge on any atom is -0.478 e. The van der Waals surface area contributed by atoms with E-state index in [2.05, 4.69) is 21.8 Å². The first-order valence-corrected chi connectivity index (χ1v) is 6.63. The minimum absolute atomic E-state index is 0.619. The maximum absolute atomic E-state index is 5.58. The van der Waals surface area contributed by atoms with Crippen LogP contribution >= 0.6 is 0 Å². The van der Waals surface area contributed by atoms with Gasteiger partial charge in [-0.1, -0.05) is 6.92 Å². The van der Waals surface area contributed by atoms with Gasteiger partial charge in [0, 0.05) is 13.1 Å². The number of hydrogen-bond acceptors (Lipinski definition) is 5. The fourth-order valence-corrected chi connectivity index (χ4v) is 1.90. The van der Waals surface area contributed by atoms with Crippen molar-refractivity contribution < 1.29 is 4.74 Å². The average molecular weight is 252 g/mol. The number of rotatable bonds is 8. The first kappa shape index (κ1) is 14.7. The summed E-state index contributed by atoms with van der Waals surface area (Å²) in [6, 6.07) is 0. The molecule has 2 N–H and O–H groups in total. The molecule has 1 rings (SSSR count). The SMILES string of the molecule is CCCN(CCCN)c1ncnc(OCC)c1C. The summed E-state index contributed by atoms with van der Waals surface area (Å²) in [6.07, 6.45) is 3.61. The van der Waals surface area contributed by atoms with Gasteiger partial charge in [-0.3, -0.25) is 0 Å². The maximum atomic E-state index is 5.58. The fourth-order valence-electron chi connectivity index (χ4n) is 1.90. The van der Waals surface area contributed by atoms with E-state index in [-0.39, 0.29) is 0 Å². The smallest absolute Gasteiger partial charge is 0.221 e. The topological polar surface area (TPSA) is 64.3 Å². The molecule has 0 saturated carbocycles. The Hall–Kier alpha value is -1.36. The van der Waals surface area contributed by atoms with E-state index >= 15 is 0 Å². The molecule has 0 spiro atoms. The van der Waals surface area contributed by atoms with E-state index in [0.29, 0.717) is 19.0 Å². The van der Waals surface area contributed by atoms with Crippen LogP contribution in [0.15, 0.2) is 6.33 Å². The second-order valence-electron chi connectivity index (χ2n) is 4.19. The third-order valence-electron chi connectivity index (χ3n) is 2.72.